The fourth-order valence-electron chi connectivity index (χ4n) is 3.18. The topological polar surface area (TPSA) is 59.1 Å². The number of hydrogen-bond acceptors (Lipinski definition) is 6. The van der Waals surface area contributed by atoms with Gasteiger partial charge in [-0.15, -0.1) is 0 Å². The maximum atomic E-state index is 12.4. The summed E-state index contributed by atoms with van der Waals surface area (Å²) < 4.78 is 10.0. The molecule has 1 unspecified atom stereocenters. The summed E-state index contributed by atoms with van der Waals surface area (Å²) in [4.78, 5) is 29.0. The van der Waals surface area contributed by atoms with Crippen LogP contribution in [-0.2, 0) is 14.3 Å². The molecule has 0 aliphatic carbocycles. The zero-order chi connectivity index (χ0) is 20.9. The lowest BCUT2D eigenvalue weighted by Crippen LogP contribution is -2.46. The Balaban J connectivity index is 5.09. The Hall–Kier alpha value is -1.14. The van der Waals surface area contributed by atoms with E-state index in [1.807, 2.05) is 0 Å². The molecule has 0 aliphatic heterocycles. The van der Waals surface area contributed by atoms with Crippen molar-refractivity contribution in [2.45, 2.75) is 92.2 Å². The summed E-state index contributed by atoms with van der Waals surface area (Å²) in [6.45, 7) is 18.6. The molecule has 0 saturated carbocycles. The molecule has 0 radical (unpaired) electrons. The monoisotopic (exact) mass is 386 g/mol. The average molecular weight is 387 g/mol. The van der Waals surface area contributed by atoms with Gasteiger partial charge in [-0.3, -0.25) is 9.69 Å². The minimum absolute atomic E-state index is 0.0398. The molecular weight excluding hydrogens is 344 g/mol. The highest BCUT2D eigenvalue weighted by Gasteiger charge is 2.26. The van der Waals surface area contributed by atoms with Gasteiger partial charge in [-0.1, -0.05) is 27.7 Å². The molecule has 0 amide bonds. The van der Waals surface area contributed by atoms with Gasteiger partial charge < -0.3 is 14.4 Å². The molecule has 0 rings (SSSR count). The van der Waals surface area contributed by atoms with Crippen molar-refractivity contribution < 1.29 is 19.1 Å². The zero-order valence-electron chi connectivity index (χ0n) is 18.7. The lowest BCUT2D eigenvalue weighted by Gasteiger charge is -2.35. The van der Waals surface area contributed by atoms with Crippen molar-refractivity contribution >= 4 is 12.1 Å². The van der Waals surface area contributed by atoms with Crippen LogP contribution in [0.15, 0.2) is 0 Å². The van der Waals surface area contributed by atoms with Crippen molar-refractivity contribution in [2.24, 2.45) is 0 Å². The second kappa shape index (κ2) is 13.9. The normalized spacial score (nSPS) is 13.1. The van der Waals surface area contributed by atoms with Gasteiger partial charge >= 0.3 is 12.1 Å². The molecule has 6 heteroatoms. The maximum Gasteiger partial charge on any atom is 0.516 e. The molecule has 0 heterocycles. The number of carbonyl (C=O) groups is 2. The molecule has 160 valence electrons. The van der Waals surface area contributed by atoms with Crippen LogP contribution < -0.4 is 0 Å². The van der Waals surface area contributed by atoms with Gasteiger partial charge in [0.25, 0.3) is 0 Å². The van der Waals surface area contributed by atoms with Crippen molar-refractivity contribution in [2.75, 3.05) is 32.7 Å². The summed E-state index contributed by atoms with van der Waals surface area (Å²) in [5.41, 5.74) is -0.674. The molecule has 0 bridgehead atoms. The molecule has 0 aromatic heterocycles. The molecule has 0 spiro atoms. The van der Waals surface area contributed by atoms with E-state index in [-0.39, 0.29) is 12.5 Å². The van der Waals surface area contributed by atoms with Crippen LogP contribution >= 0.6 is 0 Å². The first-order valence-corrected chi connectivity index (χ1v) is 10.6. The van der Waals surface area contributed by atoms with E-state index < -0.39 is 17.7 Å². The Morgan fingerprint density at radius 3 is 1.74 bits per heavy atom. The first kappa shape index (κ1) is 25.9. The standard InChI is InChI=1S/C21H42N2O4/c1-8-12-22(13-9-2)17-18(23(14-10-3)15-11-4)16-19(24)26-20(25)27-21(5,6)7/h18H,8-17H2,1-7H3. The Kier molecular flexibility index (Phi) is 13.4. The fourth-order valence-corrected chi connectivity index (χ4v) is 3.18. The van der Waals surface area contributed by atoms with Crippen molar-refractivity contribution in [3.05, 3.63) is 0 Å². The first-order valence-electron chi connectivity index (χ1n) is 10.6. The molecule has 1 atom stereocenters. The van der Waals surface area contributed by atoms with Gasteiger partial charge in [0.1, 0.15) is 5.60 Å². The van der Waals surface area contributed by atoms with Crippen molar-refractivity contribution in [1.29, 1.82) is 0 Å². The van der Waals surface area contributed by atoms with Gasteiger partial charge in [0, 0.05) is 12.6 Å². The number of esters is 1. The molecule has 0 aromatic rings. The van der Waals surface area contributed by atoms with E-state index in [0.29, 0.717) is 0 Å². The highest BCUT2D eigenvalue weighted by atomic mass is 16.7. The summed E-state index contributed by atoms with van der Waals surface area (Å²) in [6.07, 6.45) is 3.50. The van der Waals surface area contributed by atoms with Gasteiger partial charge in [-0.25, -0.2) is 4.79 Å². The Bertz CT molecular complexity index is 409. The fraction of sp³-hybridized carbons (Fsp3) is 0.905. The second-order valence-electron chi connectivity index (χ2n) is 8.13. The van der Waals surface area contributed by atoms with Crippen LogP contribution in [0.4, 0.5) is 4.79 Å². The number of nitrogens with zero attached hydrogens (tertiary/aromatic N) is 2. The molecule has 0 fully saturated rings. The molecular formula is C21H42N2O4. The smallest absolute Gasteiger partial charge is 0.428 e. The Morgan fingerprint density at radius 2 is 1.33 bits per heavy atom. The van der Waals surface area contributed by atoms with E-state index >= 15 is 0 Å². The minimum Gasteiger partial charge on any atom is -0.428 e. The minimum atomic E-state index is -0.914. The number of rotatable bonds is 13. The van der Waals surface area contributed by atoms with Gasteiger partial charge in [0.15, 0.2) is 0 Å². The number of carbonyl (C=O) groups excluding carboxylic acids is 2. The van der Waals surface area contributed by atoms with E-state index in [1.165, 1.54) is 0 Å². The molecule has 0 saturated heterocycles. The summed E-state index contributed by atoms with van der Waals surface area (Å²) in [5.74, 6) is -0.514. The van der Waals surface area contributed by atoms with E-state index in [9.17, 15) is 9.59 Å². The third-order valence-electron chi connectivity index (χ3n) is 4.08. The van der Waals surface area contributed by atoms with Gasteiger partial charge in [-0.2, -0.15) is 0 Å². The maximum absolute atomic E-state index is 12.4. The van der Waals surface area contributed by atoms with Gasteiger partial charge in [-0.05, 0) is 72.6 Å². The summed E-state index contributed by atoms with van der Waals surface area (Å²) in [6, 6.07) is 0.0398. The summed E-state index contributed by atoms with van der Waals surface area (Å²) >= 11 is 0. The lowest BCUT2D eigenvalue weighted by atomic mass is 10.1. The Morgan fingerprint density at radius 1 is 0.852 bits per heavy atom. The third-order valence-corrected chi connectivity index (χ3v) is 4.08. The van der Waals surface area contributed by atoms with E-state index in [2.05, 4.69) is 37.5 Å². The van der Waals surface area contributed by atoms with Crippen molar-refractivity contribution in [3.8, 4) is 0 Å². The first-order chi connectivity index (χ1) is 12.7. The van der Waals surface area contributed by atoms with Crippen LogP contribution in [0, 0.1) is 0 Å². The largest absolute Gasteiger partial charge is 0.516 e. The number of ether oxygens (including phenoxy) is 2. The zero-order valence-corrected chi connectivity index (χ0v) is 18.7. The molecule has 27 heavy (non-hydrogen) atoms. The Labute approximate surface area is 166 Å². The molecule has 6 nitrogen and oxygen atoms in total. The highest BCUT2D eigenvalue weighted by Crippen LogP contribution is 2.13. The van der Waals surface area contributed by atoms with E-state index in [1.54, 1.807) is 20.8 Å². The molecule has 0 N–H and O–H groups in total. The van der Waals surface area contributed by atoms with Crippen LogP contribution in [0.25, 0.3) is 0 Å². The van der Waals surface area contributed by atoms with E-state index in [0.717, 1.165) is 58.4 Å². The van der Waals surface area contributed by atoms with Gasteiger partial charge in [0.05, 0.1) is 6.42 Å². The van der Waals surface area contributed by atoms with Crippen molar-refractivity contribution in [1.82, 2.24) is 9.80 Å². The highest BCUT2D eigenvalue weighted by molar-refractivity contribution is 5.82. The molecule has 0 aliphatic rings. The summed E-state index contributed by atoms with van der Waals surface area (Å²) in [7, 11) is 0. The van der Waals surface area contributed by atoms with Crippen LogP contribution in [0.5, 0.6) is 0 Å². The van der Waals surface area contributed by atoms with Crippen LogP contribution in [0.1, 0.15) is 80.6 Å². The van der Waals surface area contributed by atoms with Crippen molar-refractivity contribution in [3.63, 3.8) is 0 Å². The summed E-state index contributed by atoms with van der Waals surface area (Å²) in [5, 5.41) is 0. The van der Waals surface area contributed by atoms with Crippen LogP contribution in [0.3, 0.4) is 0 Å². The second-order valence-corrected chi connectivity index (χ2v) is 8.13. The predicted molar refractivity (Wildman–Crippen MR) is 110 cm³/mol. The predicted octanol–water partition coefficient (Wildman–Crippen LogP) is 4.47. The quantitative estimate of drug-likeness (QED) is 0.344. The van der Waals surface area contributed by atoms with Crippen LogP contribution in [-0.4, -0.2) is 66.3 Å². The average Bonchev–Trinajstić information content (AvgIpc) is 2.52. The lowest BCUT2D eigenvalue weighted by molar-refractivity contribution is -0.143. The third kappa shape index (κ3) is 12.8. The van der Waals surface area contributed by atoms with E-state index in [4.69, 9.17) is 9.47 Å². The van der Waals surface area contributed by atoms with Crippen LogP contribution in [0.2, 0.25) is 0 Å². The van der Waals surface area contributed by atoms with Gasteiger partial charge in [0.2, 0.25) is 0 Å². The number of hydrogen-bond donors (Lipinski definition) is 0. The SMILES string of the molecule is CCCN(CCC)CC(CC(=O)OC(=O)OC(C)(C)C)N(CCC)CCC. The molecule has 0 aromatic carbocycles.